The Kier molecular flexibility index (Phi) is 6.11. The first-order valence-corrected chi connectivity index (χ1v) is 7.41. The second-order valence-corrected chi connectivity index (χ2v) is 6.24. The third kappa shape index (κ3) is 5.37. The van der Waals surface area contributed by atoms with Crippen LogP contribution in [0.5, 0.6) is 0 Å². The van der Waals surface area contributed by atoms with Gasteiger partial charge in [0.1, 0.15) is 5.54 Å². The molecule has 0 aliphatic heterocycles. The standard InChI is InChI=1S/C15H29N3/c1-5-9-17-15(4,12-16)8-10-18(11-13(2)3)14-6-7-14/h13-14,17H,5-11H2,1-4H3. The molecule has 1 N–H and O–H groups in total. The maximum atomic E-state index is 9.33. The predicted molar refractivity (Wildman–Crippen MR) is 76.4 cm³/mol. The fourth-order valence-electron chi connectivity index (χ4n) is 2.28. The molecule has 1 fully saturated rings. The summed E-state index contributed by atoms with van der Waals surface area (Å²) in [5, 5.41) is 12.7. The van der Waals surface area contributed by atoms with Crippen LogP contribution in [0.15, 0.2) is 0 Å². The quantitative estimate of drug-likeness (QED) is 0.685. The molecule has 104 valence electrons. The Balaban J connectivity index is 2.41. The molecule has 1 aliphatic rings. The van der Waals surface area contributed by atoms with Gasteiger partial charge >= 0.3 is 0 Å². The Morgan fingerprint density at radius 3 is 2.56 bits per heavy atom. The third-order valence-electron chi connectivity index (χ3n) is 3.57. The van der Waals surface area contributed by atoms with Gasteiger partial charge in [0.05, 0.1) is 6.07 Å². The van der Waals surface area contributed by atoms with Crippen LogP contribution < -0.4 is 5.32 Å². The lowest BCUT2D eigenvalue weighted by molar-refractivity contribution is 0.213. The second-order valence-electron chi connectivity index (χ2n) is 6.24. The van der Waals surface area contributed by atoms with Crippen LogP contribution in [0.2, 0.25) is 0 Å². The van der Waals surface area contributed by atoms with Crippen LogP contribution in [0.25, 0.3) is 0 Å². The zero-order chi connectivity index (χ0) is 13.6. The van der Waals surface area contributed by atoms with Crippen LogP contribution in [0.1, 0.15) is 53.4 Å². The molecule has 0 saturated heterocycles. The van der Waals surface area contributed by atoms with Gasteiger partial charge in [0, 0.05) is 19.1 Å². The monoisotopic (exact) mass is 251 g/mol. The molecule has 1 saturated carbocycles. The van der Waals surface area contributed by atoms with Crippen LogP contribution in [0.4, 0.5) is 0 Å². The molecule has 0 bridgehead atoms. The molecule has 0 heterocycles. The lowest BCUT2D eigenvalue weighted by Crippen LogP contribution is -2.45. The topological polar surface area (TPSA) is 39.1 Å². The van der Waals surface area contributed by atoms with Crippen molar-refractivity contribution in [3.05, 3.63) is 0 Å². The van der Waals surface area contributed by atoms with Crippen LogP contribution in [-0.4, -0.2) is 36.1 Å². The fraction of sp³-hybridized carbons (Fsp3) is 0.933. The smallest absolute Gasteiger partial charge is 0.105 e. The zero-order valence-electron chi connectivity index (χ0n) is 12.5. The minimum Gasteiger partial charge on any atom is -0.300 e. The minimum atomic E-state index is -0.361. The predicted octanol–water partition coefficient (Wildman–Crippen LogP) is 2.78. The summed E-state index contributed by atoms with van der Waals surface area (Å²) in [5.41, 5.74) is -0.361. The van der Waals surface area contributed by atoms with E-state index in [0.29, 0.717) is 5.92 Å². The molecule has 0 spiro atoms. The van der Waals surface area contributed by atoms with Crippen molar-refractivity contribution < 1.29 is 0 Å². The van der Waals surface area contributed by atoms with Crippen LogP contribution in [0.3, 0.4) is 0 Å². The summed E-state index contributed by atoms with van der Waals surface area (Å²) in [7, 11) is 0. The fourth-order valence-corrected chi connectivity index (χ4v) is 2.28. The first-order chi connectivity index (χ1) is 8.50. The average Bonchev–Trinajstić information content (AvgIpc) is 3.15. The van der Waals surface area contributed by atoms with Crippen LogP contribution in [0, 0.1) is 17.2 Å². The van der Waals surface area contributed by atoms with Gasteiger partial charge in [0.2, 0.25) is 0 Å². The first kappa shape index (κ1) is 15.5. The van der Waals surface area contributed by atoms with Gasteiger partial charge in [-0.05, 0) is 45.1 Å². The van der Waals surface area contributed by atoms with Gasteiger partial charge in [-0.25, -0.2) is 0 Å². The van der Waals surface area contributed by atoms with Gasteiger partial charge in [0.15, 0.2) is 0 Å². The lowest BCUT2D eigenvalue weighted by atomic mass is 9.99. The number of hydrogen-bond acceptors (Lipinski definition) is 3. The SMILES string of the molecule is CCCNC(C)(C#N)CCN(CC(C)C)C1CC1. The summed E-state index contributed by atoms with van der Waals surface area (Å²) in [5.74, 6) is 0.711. The van der Waals surface area contributed by atoms with Crippen LogP contribution >= 0.6 is 0 Å². The highest BCUT2D eigenvalue weighted by Crippen LogP contribution is 2.28. The highest BCUT2D eigenvalue weighted by atomic mass is 15.2. The number of nitrogens with zero attached hydrogens (tertiary/aromatic N) is 2. The molecule has 3 heteroatoms. The van der Waals surface area contributed by atoms with Gasteiger partial charge in [-0.2, -0.15) is 5.26 Å². The highest BCUT2D eigenvalue weighted by molar-refractivity contribution is 5.04. The van der Waals surface area contributed by atoms with Gasteiger partial charge in [-0.3, -0.25) is 5.32 Å². The van der Waals surface area contributed by atoms with E-state index < -0.39 is 0 Å². The first-order valence-electron chi connectivity index (χ1n) is 7.41. The van der Waals surface area contributed by atoms with Crippen molar-refractivity contribution in [1.29, 1.82) is 5.26 Å². The molecule has 1 unspecified atom stereocenters. The molecule has 0 amide bonds. The number of rotatable bonds is 9. The Labute approximate surface area is 113 Å². The lowest BCUT2D eigenvalue weighted by Gasteiger charge is -2.29. The van der Waals surface area contributed by atoms with Crippen molar-refractivity contribution in [3.8, 4) is 6.07 Å². The van der Waals surface area contributed by atoms with E-state index in [1.165, 1.54) is 19.4 Å². The van der Waals surface area contributed by atoms with Gasteiger partial charge < -0.3 is 4.90 Å². The molecular formula is C15H29N3. The molecule has 0 aromatic carbocycles. The molecular weight excluding hydrogens is 222 g/mol. The third-order valence-corrected chi connectivity index (χ3v) is 3.57. The van der Waals surface area contributed by atoms with Crippen molar-refractivity contribution in [3.63, 3.8) is 0 Å². The summed E-state index contributed by atoms with van der Waals surface area (Å²) in [6.45, 7) is 11.9. The van der Waals surface area contributed by atoms with Crippen molar-refractivity contribution in [2.24, 2.45) is 5.92 Å². The van der Waals surface area contributed by atoms with Crippen molar-refractivity contribution in [2.75, 3.05) is 19.6 Å². The summed E-state index contributed by atoms with van der Waals surface area (Å²) >= 11 is 0. The minimum absolute atomic E-state index is 0.361. The molecule has 1 rings (SSSR count). The van der Waals surface area contributed by atoms with E-state index in [9.17, 15) is 5.26 Å². The second kappa shape index (κ2) is 7.11. The summed E-state index contributed by atoms with van der Waals surface area (Å²) in [4.78, 5) is 2.58. The van der Waals surface area contributed by atoms with Crippen LogP contribution in [-0.2, 0) is 0 Å². The van der Waals surface area contributed by atoms with E-state index in [1.54, 1.807) is 0 Å². The molecule has 0 aromatic heterocycles. The Morgan fingerprint density at radius 2 is 2.11 bits per heavy atom. The molecule has 18 heavy (non-hydrogen) atoms. The number of nitriles is 1. The Hall–Kier alpha value is -0.590. The average molecular weight is 251 g/mol. The summed E-state index contributed by atoms with van der Waals surface area (Å²) in [6, 6.07) is 3.24. The molecule has 1 aliphatic carbocycles. The van der Waals surface area contributed by atoms with Crippen molar-refractivity contribution in [1.82, 2.24) is 10.2 Å². The Morgan fingerprint density at radius 1 is 1.44 bits per heavy atom. The zero-order valence-corrected chi connectivity index (χ0v) is 12.5. The van der Waals surface area contributed by atoms with Gasteiger partial charge in [-0.1, -0.05) is 20.8 Å². The Bertz CT molecular complexity index is 278. The van der Waals surface area contributed by atoms with E-state index in [2.05, 4.69) is 37.1 Å². The molecule has 0 radical (unpaired) electrons. The number of hydrogen-bond donors (Lipinski definition) is 1. The van der Waals surface area contributed by atoms with Crippen molar-refractivity contribution in [2.45, 2.75) is 65.0 Å². The molecule has 0 aromatic rings. The maximum Gasteiger partial charge on any atom is 0.105 e. The summed E-state index contributed by atoms with van der Waals surface area (Å²) < 4.78 is 0. The summed E-state index contributed by atoms with van der Waals surface area (Å²) in [6.07, 6.45) is 4.69. The van der Waals surface area contributed by atoms with Gasteiger partial charge in [-0.15, -0.1) is 0 Å². The largest absolute Gasteiger partial charge is 0.300 e. The van der Waals surface area contributed by atoms with E-state index >= 15 is 0 Å². The molecule has 1 atom stereocenters. The van der Waals surface area contributed by atoms with E-state index in [4.69, 9.17) is 0 Å². The molecule has 3 nitrogen and oxygen atoms in total. The van der Waals surface area contributed by atoms with E-state index in [-0.39, 0.29) is 5.54 Å². The maximum absolute atomic E-state index is 9.33. The van der Waals surface area contributed by atoms with E-state index in [0.717, 1.165) is 32.0 Å². The van der Waals surface area contributed by atoms with Crippen molar-refractivity contribution >= 4 is 0 Å². The van der Waals surface area contributed by atoms with E-state index in [1.807, 2.05) is 6.92 Å². The highest BCUT2D eigenvalue weighted by Gasteiger charge is 2.31. The van der Waals surface area contributed by atoms with Gasteiger partial charge in [0.25, 0.3) is 0 Å². The normalized spacial score (nSPS) is 18.9. The number of nitrogens with one attached hydrogen (secondary N) is 1.